The van der Waals surface area contributed by atoms with Crippen LogP contribution in [0.3, 0.4) is 0 Å². The fourth-order valence-corrected chi connectivity index (χ4v) is 9.65. The smallest absolute Gasteiger partial charge is 0.316 e. The lowest BCUT2D eigenvalue weighted by atomic mass is 9.82. The molecule has 2 atom stereocenters. The number of methoxy groups -OCH3 is 1. The molecule has 0 heterocycles. The molecule has 19 heteroatoms. The van der Waals surface area contributed by atoms with Crippen molar-refractivity contribution < 1.29 is 91.4 Å². The topological polar surface area (TPSA) is 284 Å². The Morgan fingerprint density at radius 3 is 0.753 bits per heavy atom. The number of esters is 6. The van der Waals surface area contributed by atoms with E-state index in [1.54, 1.807) is 76.2 Å². The summed E-state index contributed by atoms with van der Waals surface area (Å²) in [6, 6.07) is 0. The van der Waals surface area contributed by atoms with Crippen LogP contribution in [0.15, 0.2) is 0 Å². The van der Waals surface area contributed by atoms with Gasteiger partial charge in [-0.05, 0) is 195 Å². The van der Waals surface area contributed by atoms with E-state index < -0.39 is 74.0 Å². The van der Waals surface area contributed by atoms with Crippen LogP contribution in [0.25, 0.3) is 0 Å². The van der Waals surface area contributed by atoms with Crippen molar-refractivity contribution in [1.29, 1.82) is 0 Å². The number of carbonyl (C=O) groups excluding carboxylic acids is 9. The molecule has 0 aromatic carbocycles. The molecule has 19 nitrogen and oxygen atoms in total. The highest BCUT2D eigenvalue weighted by atomic mass is 16.6. The van der Waals surface area contributed by atoms with Crippen molar-refractivity contribution >= 4 is 65.1 Å². The van der Waals surface area contributed by atoms with Crippen molar-refractivity contribution in [3.05, 3.63) is 0 Å². The Morgan fingerprint density at radius 1 is 0.303 bits per heavy atom. The van der Waals surface area contributed by atoms with Gasteiger partial charge >= 0.3 is 47.8 Å². The minimum atomic E-state index is -1.10. The van der Waals surface area contributed by atoms with E-state index in [2.05, 4.69) is 0 Å². The number of aliphatic carboxylic acids is 2. The van der Waals surface area contributed by atoms with Crippen molar-refractivity contribution in [2.24, 2.45) is 44.3 Å². The third-order valence-corrected chi connectivity index (χ3v) is 16.3. The zero-order valence-electron chi connectivity index (χ0n) is 58.8. The fraction of sp³-hybridized carbons (Fsp3) is 0.843. The molecule has 0 amide bonds. The van der Waals surface area contributed by atoms with Crippen LogP contribution < -0.4 is 0 Å². The summed E-state index contributed by atoms with van der Waals surface area (Å²) in [5, 5.41) is 18.0. The first-order chi connectivity index (χ1) is 41.3. The maximum atomic E-state index is 13.4. The maximum Gasteiger partial charge on any atom is 0.316 e. The maximum absolute atomic E-state index is 13.4. The van der Waals surface area contributed by atoms with Crippen LogP contribution in [0.2, 0.25) is 0 Å². The van der Waals surface area contributed by atoms with Gasteiger partial charge in [0, 0.05) is 25.7 Å². The lowest BCUT2D eigenvalue weighted by Crippen LogP contribution is -2.36. The number of Topliss-reactive ketones (excluding diaryl/α,β-unsaturated/α-hetero) is 3. The Hall–Kier alpha value is -5.23. The molecule has 2 N–H and O–H groups in total. The molecule has 518 valence electrons. The zero-order valence-corrected chi connectivity index (χ0v) is 58.8. The predicted molar refractivity (Wildman–Crippen MR) is 344 cm³/mol. The third kappa shape index (κ3) is 40.3. The Morgan fingerprint density at radius 2 is 0.528 bits per heavy atom. The fourth-order valence-electron chi connectivity index (χ4n) is 9.65. The first-order valence-electron chi connectivity index (χ1n) is 33.3. The van der Waals surface area contributed by atoms with E-state index >= 15 is 0 Å². The Bertz CT molecular complexity index is 2040. The van der Waals surface area contributed by atoms with E-state index in [-0.39, 0.29) is 49.1 Å². The first-order valence-corrected chi connectivity index (χ1v) is 33.3. The van der Waals surface area contributed by atoms with Crippen molar-refractivity contribution in [2.75, 3.05) is 40.1 Å². The largest absolute Gasteiger partial charge is 0.481 e. The SMILES string of the molecule is CC(C)(CCCCCC(=O)CCCCCC(C)(C)C(=O)O)C(=O)O.CCOC(=O)C(C)(C)CCCCCC(=O)CCCCCC(C)(C)C(=O)OCC.CCOC(=O)C(CCCCC(C)(C)C(=O)OCC)C(=O)C(CCCCC(C)(C)C(=O)OCC)C(=O)OC. The number of unbranched alkanes of at least 4 members (excludes halogenated alkanes) is 10. The molecule has 0 aliphatic heterocycles. The van der Waals surface area contributed by atoms with Crippen molar-refractivity contribution in [2.45, 2.75) is 297 Å². The number of carboxylic acid groups (broad SMARTS) is 2. The molecule has 0 aromatic rings. The molecule has 0 aliphatic carbocycles. The van der Waals surface area contributed by atoms with Gasteiger partial charge in [-0.1, -0.05) is 77.0 Å². The molecule has 0 aromatic heterocycles. The molecule has 2 unspecified atom stereocenters. The summed E-state index contributed by atoms with van der Waals surface area (Å²) in [7, 11) is 1.21. The van der Waals surface area contributed by atoms with Gasteiger partial charge in [0.05, 0.1) is 72.6 Å². The lowest BCUT2D eigenvalue weighted by molar-refractivity contribution is -0.158. The third-order valence-electron chi connectivity index (χ3n) is 16.3. The second-order valence-corrected chi connectivity index (χ2v) is 27.4. The molecule has 0 rings (SSSR count). The summed E-state index contributed by atoms with van der Waals surface area (Å²) >= 11 is 0. The number of hydrogen-bond donors (Lipinski definition) is 2. The van der Waals surface area contributed by atoms with Gasteiger partial charge in [-0.2, -0.15) is 0 Å². The summed E-state index contributed by atoms with van der Waals surface area (Å²) in [6.45, 7) is 32.1. The second kappa shape index (κ2) is 46.8. The molecule has 89 heavy (non-hydrogen) atoms. The molecule has 0 bridgehead atoms. The van der Waals surface area contributed by atoms with Crippen LogP contribution in [0.1, 0.15) is 297 Å². The van der Waals surface area contributed by atoms with Gasteiger partial charge in [-0.15, -0.1) is 0 Å². The van der Waals surface area contributed by atoms with Crippen LogP contribution >= 0.6 is 0 Å². The summed E-state index contributed by atoms with van der Waals surface area (Å²) in [4.78, 5) is 132. The number of hydrogen-bond acceptors (Lipinski definition) is 17. The van der Waals surface area contributed by atoms with E-state index in [4.69, 9.17) is 38.6 Å². The highest BCUT2D eigenvalue weighted by molar-refractivity contribution is 6.08. The normalized spacial score (nSPS) is 12.6. The highest BCUT2D eigenvalue weighted by Gasteiger charge is 2.39. The lowest BCUT2D eigenvalue weighted by Gasteiger charge is -2.24. The first kappa shape index (κ1) is 88.0. The van der Waals surface area contributed by atoms with Gasteiger partial charge < -0.3 is 38.6 Å². The quantitative estimate of drug-likeness (QED) is 0.0248. The standard InChI is InChI=1S/C28H48O9.C23H42O5.C19H34O5/c1-9-35-24(31)21(17-13-15-19-28(6,7)26(33)37-11-3)22(29)20(23(30)34-8)16-12-14-18-27(4,5)25(32)36-10-2;1-7-27-20(25)22(3,4)17-13-9-11-15-19(24)16-12-10-14-18-23(5,6)21(26)28-8-2;1-18(2,16(21)22)13-9-5-7-11-15(20)12-8-6-10-14-19(3,4)17(23)24/h20-21H,9-19H2,1-8H3;7-18H2,1-6H3;5-14H2,1-4H3,(H,21,22)(H,23,24). The van der Waals surface area contributed by atoms with Gasteiger partial charge in [0.15, 0.2) is 5.78 Å². The Balaban J connectivity index is -0.00000128. The Kier molecular flexibility index (Phi) is 46.2. The van der Waals surface area contributed by atoms with E-state index in [0.29, 0.717) is 109 Å². The van der Waals surface area contributed by atoms with Gasteiger partial charge in [0.1, 0.15) is 23.4 Å². The second-order valence-electron chi connectivity index (χ2n) is 27.4. The summed E-state index contributed by atoms with van der Waals surface area (Å²) in [5.74, 6) is -5.88. The highest BCUT2D eigenvalue weighted by Crippen LogP contribution is 2.32. The number of carboxylic acids is 2. The number of carbonyl (C=O) groups is 11. The van der Waals surface area contributed by atoms with E-state index in [1.165, 1.54) is 7.11 Å². The molecular formula is C70H124O19. The molecule has 0 saturated carbocycles. The molecular weight excluding hydrogens is 1140 g/mol. The number of ether oxygens (including phenoxy) is 6. The molecule has 0 saturated heterocycles. The molecule has 0 aliphatic rings. The van der Waals surface area contributed by atoms with E-state index in [0.717, 1.165) is 89.9 Å². The van der Waals surface area contributed by atoms with E-state index in [1.807, 2.05) is 41.5 Å². The number of ketones is 3. The van der Waals surface area contributed by atoms with Crippen LogP contribution in [0.5, 0.6) is 0 Å². The zero-order chi connectivity index (χ0) is 69.1. The van der Waals surface area contributed by atoms with Gasteiger partial charge in [-0.3, -0.25) is 52.7 Å². The summed E-state index contributed by atoms with van der Waals surface area (Å²) in [6.07, 6.45) is 19.5. The van der Waals surface area contributed by atoms with Crippen LogP contribution in [0, 0.1) is 44.3 Å². The average molecular weight is 1270 g/mol. The van der Waals surface area contributed by atoms with E-state index in [9.17, 15) is 52.7 Å². The van der Waals surface area contributed by atoms with Crippen LogP contribution in [0.4, 0.5) is 0 Å². The average Bonchev–Trinajstić information content (AvgIpc) is 3.60. The van der Waals surface area contributed by atoms with Gasteiger partial charge in [0.2, 0.25) is 0 Å². The Labute approximate surface area is 536 Å². The summed E-state index contributed by atoms with van der Waals surface area (Å²) < 4.78 is 30.4. The minimum Gasteiger partial charge on any atom is -0.481 e. The predicted octanol–water partition coefficient (Wildman–Crippen LogP) is 15.1. The van der Waals surface area contributed by atoms with Gasteiger partial charge in [0.25, 0.3) is 0 Å². The van der Waals surface area contributed by atoms with Crippen molar-refractivity contribution in [3.8, 4) is 0 Å². The molecule has 0 radical (unpaired) electrons. The van der Waals surface area contributed by atoms with Crippen molar-refractivity contribution in [3.63, 3.8) is 0 Å². The molecule has 0 fully saturated rings. The monoisotopic (exact) mass is 1270 g/mol. The number of rotatable bonds is 49. The minimum absolute atomic E-state index is 0.115. The molecule has 0 spiro atoms. The van der Waals surface area contributed by atoms with Gasteiger partial charge in [-0.25, -0.2) is 0 Å². The van der Waals surface area contributed by atoms with Crippen LogP contribution in [-0.4, -0.2) is 115 Å². The summed E-state index contributed by atoms with van der Waals surface area (Å²) in [5.41, 5.74) is -3.62. The van der Waals surface area contributed by atoms with Crippen molar-refractivity contribution in [1.82, 2.24) is 0 Å². The van der Waals surface area contributed by atoms with Crippen LogP contribution in [-0.2, 0) is 81.2 Å².